The number of rotatable bonds is 11. The summed E-state index contributed by atoms with van der Waals surface area (Å²) in [5.41, 5.74) is 3.10. The lowest BCUT2D eigenvalue weighted by atomic mass is 10.1. The fourth-order valence-corrected chi connectivity index (χ4v) is 6.31. The van der Waals surface area contributed by atoms with E-state index in [2.05, 4.69) is 20.9 Å². The van der Waals surface area contributed by atoms with Gasteiger partial charge in [0.05, 0.1) is 18.1 Å². The molecule has 1 aromatic heterocycles. The molecule has 0 aliphatic carbocycles. The number of anilines is 2. The molecule has 5 aromatic rings. The molecule has 47 heavy (non-hydrogen) atoms. The van der Waals surface area contributed by atoms with Crippen LogP contribution >= 0.6 is 23.1 Å². The molecule has 0 saturated carbocycles. The van der Waals surface area contributed by atoms with Crippen LogP contribution in [0.15, 0.2) is 114 Å². The SMILES string of the molecule is COc1cc(O)ccc1/C=C(/NC(=O)c1ccccc1)C(=O)Nc1cccc(SC(C)C(=O)Nc2nc(-c3ccccc3)c(C)s2)c1. The fourth-order valence-electron chi connectivity index (χ4n) is 4.54. The summed E-state index contributed by atoms with van der Waals surface area (Å²) in [5.74, 6) is -0.936. The third kappa shape index (κ3) is 8.66. The highest BCUT2D eigenvalue weighted by molar-refractivity contribution is 8.00. The third-order valence-corrected chi connectivity index (χ3v) is 8.87. The van der Waals surface area contributed by atoms with E-state index in [1.54, 1.807) is 61.5 Å². The van der Waals surface area contributed by atoms with Crippen LogP contribution in [-0.2, 0) is 9.59 Å². The average Bonchev–Trinajstić information content (AvgIpc) is 3.45. The van der Waals surface area contributed by atoms with E-state index in [9.17, 15) is 19.5 Å². The van der Waals surface area contributed by atoms with Gasteiger partial charge < -0.3 is 25.8 Å². The van der Waals surface area contributed by atoms with E-state index in [1.807, 2.05) is 43.3 Å². The summed E-state index contributed by atoms with van der Waals surface area (Å²) in [7, 11) is 1.44. The zero-order chi connectivity index (χ0) is 33.3. The second kappa shape index (κ2) is 15.3. The molecule has 0 saturated heterocycles. The maximum Gasteiger partial charge on any atom is 0.272 e. The van der Waals surface area contributed by atoms with Gasteiger partial charge in [-0.25, -0.2) is 4.98 Å². The highest BCUT2D eigenvalue weighted by Crippen LogP contribution is 2.32. The predicted octanol–water partition coefficient (Wildman–Crippen LogP) is 7.36. The number of aromatic hydroxyl groups is 1. The number of benzene rings is 4. The van der Waals surface area contributed by atoms with Crippen molar-refractivity contribution < 1.29 is 24.2 Å². The molecule has 1 atom stereocenters. The molecule has 0 aliphatic rings. The van der Waals surface area contributed by atoms with Gasteiger partial charge in [0.1, 0.15) is 17.2 Å². The standard InChI is InChI=1S/C36H32N4O5S2/c1-22-32(24-11-6-4-7-12-24)39-36(47-22)40-33(42)23(2)46-29-16-10-15-27(20-29)37-35(44)30(38-34(43)25-13-8-5-9-14-25)19-26-17-18-28(41)21-31(26)45-3/h4-21,23,41H,1-3H3,(H,37,44)(H,38,43)(H,39,40,42)/b30-19+. The lowest BCUT2D eigenvalue weighted by Crippen LogP contribution is -2.30. The molecule has 0 fully saturated rings. The number of carbonyl (C=O) groups is 3. The largest absolute Gasteiger partial charge is 0.508 e. The number of amides is 3. The van der Waals surface area contributed by atoms with Crippen LogP contribution in [-0.4, -0.2) is 40.2 Å². The number of hydrogen-bond donors (Lipinski definition) is 4. The lowest BCUT2D eigenvalue weighted by Gasteiger charge is -2.14. The van der Waals surface area contributed by atoms with E-state index in [-0.39, 0.29) is 17.4 Å². The van der Waals surface area contributed by atoms with Crippen molar-refractivity contribution in [3.05, 3.63) is 125 Å². The van der Waals surface area contributed by atoms with E-state index >= 15 is 0 Å². The topological polar surface area (TPSA) is 130 Å². The summed E-state index contributed by atoms with van der Waals surface area (Å²) in [6, 6.07) is 29.9. The Bertz CT molecular complexity index is 1930. The van der Waals surface area contributed by atoms with Crippen molar-refractivity contribution in [1.82, 2.24) is 10.3 Å². The third-order valence-electron chi connectivity index (χ3n) is 6.89. The monoisotopic (exact) mass is 664 g/mol. The molecular weight excluding hydrogens is 633 g/mol. The van der Waals surface area contributed by atoms with E-state index in [0.717, 1.165) is 21.0 Å². The van der Waals surface area contributed by atoms with Gasteiger partial charge in [-0.15, -0.1) is 23.1 Å². The number of thioether (sulfide) groups is 1. The molecule has 3 amide bonds. The van der Waals surface area contributed by atoms with Crippen molar-refractivity contribution in [1.29, 1.82) is 0 Å². The smallest absolute Gasteiger partial charge is 0.272 e. The number of aryl methyl sites for hydroxylation is 1. The molecule has 4 N–H and O–H groups in total. The number of carbonyl (C=O) groups excluding carboxylic acids is 3. The van der Waals surface area contributed by atoms with Gasteiger partial charge in [0, 0.05) is 38.2 Å². The molecule has 5 rings (SSSR count). The van der Waals surface area contributed by atoms with Crippen LogP contribution in [0, 0.1) is 6.92 Å². The molecule has 11 heteroatoms. The number of phenols is 1. The van der Waals surface area contributed by atoms with Gasteiger partial charge in [0.2, 0.25) is 5.91 Å². The van der Waals surface area contributed by atoms with Crippen LogP contribution in [0.3, 0.4) is 0 Å². The van der Waals surface area contributed by atoms with E-state index in [1.165, 1.54) is 48.4 Å². The number of nitrogens with zero attached hydrogens (tertiary/aromatic N) is 1. The molecule has 1 heterocycles. The van der Waals surface area contributed by atoms with Crippen molar-refractivity contribution in [2.45, 2.75) is 24.0 Å². The van der Waals surface area contributed by atoms with Gasteiger partial charge in [0.15, 0.2) is 5.13 Å². The molecule has 0 aliphatic heterocycles. The van der Waals surface area contributed by atoms with Gasteiger partial charge in [0.25, 0.3) is 11.8 Å². The van der Waals surface area contributed by atoms with Gasteiger partial charge in [-0.2, -0.15) is 0 Å². The highest BCUT2D eigenvalue weighted by atomic mass is 32.2. The summed E-state index contributed by atoms with van der Waals surface area (Å²) in [5, 5.41) is 18.4. The Balaban J connectivity index is 1.29. The summed E-state index contributed by atoms with van der Waals surface area (Å²) in [6.07, 6.45) is 1.48. The summed E-state index contributed by atoms with van der Waals surface area (Å²) >= 11 is 2.76. The second-order valence-corrected chi connectivity index (χ2v) is 12.9. The van der Waals surface area contributed by atoms with Crippen LogP contribution in [0.2, 0.25) is 0 Å². The number of nitrogens with one attached hydrogen (secondary N) is 3. The Hall–Kier alpha value is -5.39. The minimum absolute atomic E-state index is 0.00533. The molecule has 238 valence electrons. The summed E-state index contributed by atoms with van der Waals surface area (Å²) in [6.45, 7) is 3.78. The first-order chi connectivity index (χ1) is 22.7. The highest BCUT2D eigenvalue weighted by Gasteiger charge is 2.20. The number of aromatic nitrogens is 1. The first kappa shape index (κ1) is 33.0. The van der Waals surface area contributed by atoms with Crippen LogP contribution in [0.25, 0.3) is 17.3 Å². The number of ether oxygens (including phenoxy) is 1. The first-order valence-electron chi connectivity index (χ1n) is 14.6. The van der Waals surface area contributed by atoms with Gasteiger partial charge in [-0.3, -0.25) is 14.4 Å². The summed E-state index contributed by atoms with van der Waals surface area (Å²) < 4.78 is 5.36. The average molecular weight is 665 g/mol. The molecule has 9 nitrogen and oxygen atoms in total. The Morgan fingerprint density at radius 3 is 2.36 bits per heavy atom. The quantitative estimate of drug-likeness (QED) is 0.0858. The normalized spacial score (nSPS) is 11.8. The number of methoxy groups -OCH3 is 1. The van der Waals surface area contributed by atoms with Crippen molar-refractivity contribution in [3.63, 3.8) is 0 Å². The van der Waals surface area contributed by atoms with E-state index in [0.29, 0.717) is 27.7 Å². The Labute approximate surface area is 280 Å². The maximum atomic E-state index is 13.6. The Kier molecular flexibility index (Phi) is 10.7. The summed E-state index contributed by atoms with van der Waals surface area (Å²) in [4.78, 5) is 46.1. The van der Waals surface area contributed by atoms with Gasteiger partial charge in [-0.05, 0) is 62.4 Å². The van der Waals surface area contributed by atoms with Crippen LogP contribution in [0.1, 0.15) is 27.7 Å². The zero-order valence-corrected chi connectivity index (χ0v) is 27.4. The van der Waals surface area contributed by atoms with Gasteiger partial charge >= 0.3 is 0 Å². The van der Waals surface area contributed by atoms with Crippen LogP contribution < -0.4 is 20.7 Å². The minimum atomic E-state index is -0.578. The van der Waals surface area contributed by atoms with E-state index in [4.69, 9.17) is 4.74 Å². The van der Waals surface area contributed by atoms with Crippen LogP contribution in [0.4, 0.5) is 10.8 Å². The molecule has 4 aromatic carbocycles. The Morgan fingerprint density at radius 1 is 0.915 bits per heavy atom. The van der Waals surface area contributed by atoms with Crippen molar-refractivity contribution >= 4 is 57.7 Å². The number of thiazole rings is 1. The van der Waals surface area contributed by atoms with Crippen LogP contribution in [0.5, 0.6) is 11.5 Å². The van der Waals surface area contributed by atoms with Crippen molar-refractivity contribution in [3.8, 4) is 22.8 Å². The molecule has 1 unspecified atom stereocenters. The number of hydrogen-bond acceptors (Lipinski definition) is 8. The van der Waals surface area contributed by atoms with Crippen molar-refractivity contribution in [2.75, 3.05) is 17.7 Å². The number of phenolic OH excluding ortho intramolecular Hbond substituents is 1. The molecule has 0 radical (unpaired) electrons. The Morgan fingerprint density at radius 2 is 1.64 bits per heavy atom. The molecular formula is C36H32N4O5S2. The zero-order valence-electron chi connectivity index (χ0n) is 25.8. The fraction of sp³-hybridized carbons (Fsp3) is 0.111. The van der Waals surface area contributed by atoms with Crippen molar-refractivity contribution in [2.24, 2.45) is 0 Å². The maximum absolute atomic E-state index is 13.6. The van der Waals surface area contributed by atoms with E-state index < -0.39 is 17.1 Å². The molecule has 0 spiro atoms. The minimum Gasteiger partial charge on any atom is -0.508 e. The second-order valence-electron chi connectivity index (χ2n) is 10.3. The predicted molar refractivity (Wildman–Crippen MR) is 188 cm³/mol. The van der Waals surface area contributed by atoms with Gasteiger partial charge in [-0.1, -0.05) is 54.6 Å². The lowest BCUT2D eigenvalue weighted by molar-refractivity contribution is -0.115. The molecule has 0 bridgehead atoms. The first-order valence-corrected chi connectivity index (χ1v) is 16.3.